The van der Waals surface area contributed by atoms with Gasteiger partial charge in [0.2, 0.25) is 5.91 Å². The zero-order chi connectivity index (χ0) is 18.9. The summed E-state index contributed by atoms with van der Waals surface area (Å²) in [6, 6.07) is 4.75. The van der Waals surface area contributed by atoms with Crippen molar-refractivity contribution >= 4 is 17.7 Å². The summed E-state index contributed by atoms with van der Waals surface area (Å²) in [6.45, 7) is 3.51. The summed E-state index contributed by atoms with van der Waals surface area (Å²) in [5.41, 5.74) is 1.04. The summed E-state index contributed by atoms with van der Waals surface area (Å²) < 4.78 is 6.14. The number of nitrogens with one attached hydrogen (secondary N) is 2. The minimum Gasteiger partial charge on any atom is -0.377 e. The minimum absolute atomic E-state index is 0.0682. The SMILES string of the molecule is CCCO[C@@H]1CC[C@H](C(=O)NCc2cccnc2)C[C@H]1NC1CCSCC1. The molecule has 2 aliphatic rings. The van der Waals surface area contributed by atoms with E-state index in [1.54, 1.807) is 12.4 Å². The van der Waals surface area contributed by atoms with E-state index in [0.29, 0.717) is 12.6 Å². The van der Waals surface area contributed by atoms with Gasteiger partial charge in [-0.1, -0.05) is 13.0 Å². The van der Waals surface area contributed by atoms with Gasteiger partial charge in [-0.15, -0.1) is 0 Å². The Bertz CT molecular complexity index is 566. The van der Waals surface area contributed by atoms with Crippen molar-refractivity contribution in [2.24, 2.45) is 5.92 Å². The first-order chi connectivity index (χ1) is 13.3. The third kappa shape index (κ3) is 6.47. The average molecular weight is 392 g/mol. The molecular weight excluding hydrogens is 358 g/mol. The number of pyridine rings is 1. The van der Waals surface area contributed by atoms with Crippen molar-refractivity contribution in [1.82, 2.24) is 15.6 Å². The third-order valence-corrected chi connectivity index (χ3v) is 6.60. The van der Waals surface area contributed by atoms with Crippen molar-refractivity contribution in [2.45, 2.75) is 70.2 Å². The monoisotopic (exact) mass is 391 g/mol. The molecule has 1 saturated heterocycles. The molecule has 1 aromatic heterocycles. The number of hydrogen-bond acceptors (Lipinski definition) is 5. The quantitative estimate of drug-likeness (QED) is 0.713. The van der Waals surface area contributed by atoms with Crippen LogP contribution in [-0.4, -0.2) is 47.2 Å². The van der Waals surface area contributed by atoms with Crippen LogP contribution in [0.25, 0.3) is 0 Å². The second-order valence-corrected chi connectivity index (χ2v) is 8.88. The van der Waals surface area contributed by atoms with Crippen LogP contribution in [0.3, 0.4) is 0 Å². The van der Waals surface area contributed by atoms with Crippen LogP contribution >= 0.6 is 11.8 Å². The summed E-state index contributed by atoms with van der Waals surface area (Å²) in [5.74, 6) is 2.71. The van der Waals surface area contributed by atoms with Crippen LogP contribution in [0, 0.1) is 5.92 Å². The minimum atomic E-state index is 0.0682. The average Bonchev–Trinajstić information content (AvgIpc) is 2.72. The third-order valence-electron chi connectivity index (χ3n) is 5.55. The van der Waals surface area contributed by atoms with Crippen LogP contribution in [0.4, 0.5) is 0 Å². The van der Waals surface area contributed by atoms with Gasteiger partial charge in [0.05, 0.1) is 6.10 Å². The molecule has 1 aromatic rings. The molecule has 150 valence electrons. The molecule has 2 heterocycles. The van der Waals surface area contributed by atoms with E-state index in [-0.39, 0.29) is 24.0 Å². The van der Waals surface area contributed by atoms with Crippen molar-refractivity contribution < 1.29 is 9.53 Å². The molecule has 1 aliphatic heterocycles. The Hall–Kier alpha value is -1.11. The fourth-order valence-corrected chi connectivity index (χ4v) is 5.13. The zero-order valence-electron chi connectivity index (χ0n) is 16.4. The predicted molar refractivity (Wildman–Crippen MR) is 111 cm³/mol. The largest absolute Gasteiger partial charge is 0.377 e. The maximum Gasteiger partial charge on any atom is 0.223 e. The molecular formula is C21H33N3O2S. The summed E-state index contributed by atoms with van der Waals surface area (Å²) in [5, 5.41) is 6.95. The molecule has 1 aliphatic carbocycles. The summed E-state index contributed by atoms with van der Waals surface area (Å²) in [4.78, 5) is 16.8. The first-order valence-electron chi connectivity index (χ1n) is 10.4. The summed E-state index contributed by atoms with van der Waals surface area (Å²) >= 11 is 2.04. The Morgan fingerprint density at radius 2 is 2.15 bits per heavy atom. The Kier molecular flexibility index (Phi) is 8.42. The van der Waals surface area contributed by atoms with E-state index in [0.717, 1.165) is 37.9 Å². The van der Waals surface area contributed by atoms with E-state index in [2.05, 4.69) is 22.5 Å². The highest BCUT2D eigenvalue weighted by Crippen LogP contribution is 2.29. The van der Waals surface area contributed by atoms with E-state index in [1.165, 1.54) is 24.3 Å². The maximum absolute atomic E-state index is 12.7. The van der Waals surface area contributed by atoms with Gasteiger partial charge in [0.25, 0.3) is 0 Å². The Labute approximate surface area is 167 Å². The number of amides is 1. The van der Waals surface area contributed by atoms with Crippen molar-refractivity contribution in [3.63, 3.8) is 0 Å². The van der Waals surface area contributed by atoms with E-state index in [9.17, 15) is 4.79 Å². The lowest BCUT2D eigenvalue weighted by atomic mass is 9.82. The highest BCUT2D eigenvalue weighted by atomic mass is 32.2. The van der Waals surface area contributed by atoms with E-state index in [4.69, 9.17) is 4.74 Å². The second-order valence-electron chi connectivity index (χ2n) is 7.66. The highest BCUT2D eigenvalue weighted by molar-refractivity contribution is 7.99. The molecule has 0 unspecified atom stereocenters. The summed E-state index contributed by atoms with van der Waals surface area (Å²) in [7, 11) is 0. The topological polar surface area (TPSA) is 63.2 Å². The molecule has 0 radical (unpaired) electrons. The van der Waals surface area contributed by atoms with Gasteiger partial charge in [-0.25, -0.2) is 0 Å². The molecule has 5 nitrogen and oxygen atoms in total. The number of nitrogens with zero attached hydrogens (tertiary/aromatic N) is 1. The lowest BCUT2D eigenvalue weighted by molar-refractivity contribution is -0.128. The van der Waals surface area contributed by atoms with Gasteiger partial charge in [-0.05, 0) is 61.7 Å². The van der Waals surface area contributed by atoms with Crippen molar-refractivity contribution in [3.05, 3.63) is 30.1 Å². The highest BCUT2D eigenvalue weighted by Gasteiger charge is 2.35. The van der Waals surface area contributed by atoms with Gasteiger partial charge in [-0.3, -0.25) is 9.78 Å². The van der Waals surface area contributed by atoms with Gasteiger partial charge < -0.3 is 15.4 Å². The lowest BCUT2D eigenvalue weighted by Crippen LogP contribution is -2.52. The van der Waals surface area contributed by atoms with E-state index in [1.807, 2.05) is 23.9 Å². The summed E-state index contributed by atoms with van der Waals surface area (Å²) in [6.07, 6.45) is 10.0. The molecule has 27 heavy (non-hydrogen) atoms. The first-order valence-corrected chi connectivity index (χ1v) is 11.5. The number of hydrogen-bond donors (Lipinski definition) is 2. The molecule has 3 atom stereocenters. The number of carbonyl (C=O) groups is 1. The number of thioether (sulfide) groups is 1. The van der Waals surface area contributed by atoms with Gasteiger partial charge in [0.1, 0.15) is 0 Å². The number of carbonyl (C=O) groups excluding carboxylic acids is 1. The van der Waals surface area contributed by atoms with E-state index >= 15 is 0 Å². The van der Waals surface area contributed by atoms with Crippen LogP contribution in [0.2, 0.25) is 0 Å². The maximum atomic E-state index is 12.7. The molecule has 2 fully saturated rings. The smallest absolute Gasteiger partial charge is 0.223 e. The van der Waals surface area contributed by atoms with Gasteiger partial charge in [0.15, 0.2) is 0 Å². The molecule has 1 amide bonds. The van der Waals surface area contributed by atoms with E-state index < -0.39 is 0 Å². The van der Waals surface area contributed by atoms with Gasteiger partial charge in [-0.2, -0.15) is 11.8 Å². The number of aromatic nitrogens is 1. The van der Waals surface area contributed by atoms with Gasteiger partial charge >= 0.3 is 0 Å². The van der Waals surface area contributed by atoms with Crippen molar-refractivity contribution in [2.75, 3.05) is 18.1 Å². The Balaban J connectivity index is 1.54. The second kappa shape index (κ2) is 11.0. The standard InChI is InChI=1S/C21H33N3O2S/c1-2-10-26-20-6-5-17(13-19(20)24-18-7-11-27-12-8-18)21(25)23-15-16-4-3-9-22-14-16/h3-4,9,14,17-20,24H,2,5-8,10-13,15H2,1H3,(H,23,25)/t17-,19+,20+/m0/s1. The predicted octanol–water partition coefficient (Wildman–Crippen LogP) is 3.15. The molecule has 1 saturated carbocycles. The lowest BCUT2D eigenvalue weighted by Gasteiger charge is -2.39. The fourth-order valence-electron chi connectivity index (χ4n) is 4.03. The van der Waals surface area contributed by atoms with Crippen molar-refractivity contribution in [1.29, 1.82) is 0 Å². The molecule has 0 spiro atoms. The van der Waals surface area contributed by atoms with Crippen LogP contribution < -0.4 is 10.6 Å². The Morgan fingerprint density at radius 3 is 2.89 bits per heavy atom. The first kappa shape index (κ1) is 20.6. The number of rotatable bonds is 8. The molecule has 6 heteroatoms. The van der Waals surface area contributed by atoms with Gasteiger partial charge in [0, 0.05) is 43.5 Å². The normalized spacial score (nSPS) is 26.6. The fraction of sp³-hybridized carbons (Fsp3) is 0.714. The van der Waals surface area contributed by atoms with Crippen LogP contribution in [-0.2, 0) is 16.1 Å². The van der Waals surface area contributed by atoms with Crippen LogP contribution in [0.5, 0.6) is 0 Å². The Morgan fingerprint density at radius 1 is 1.30 bits per heavy atom. The molecule has 0 bridgehead atoms. The molecule has 3 rings (SSSR count). The van der Waals surface area contributed by atoms with Crippen LogP contribution in [0.1, 0.15) is 51.0 Å². The zero-order valence-corrected chi connectivity index (χ0v) is 17.2. The molecule has 0 aromatic carbocycles. The molecule has 2 N–H and O–H groups in total. The van der Waals surface area contributed by atoms with Crippen molar-refractivity contribution in [3.8, 4) is 0 Å². The number of ether oxygens (including phenoxy) is 1. The van der Waals surface area contributed by atoms with Crippen LogP contribution in [0.15, 0.2) is 24.5 Å².